The minimum absolute atomic E-state index is 0.107. The Hall–Kier alpha value is -3.57. The third-order valence-corrected chi connectivity index (χ3v) is 5.88. The van der Waals surface area contributed by atoms with Crippen LogP contribution in [0.2, 0.25) is 0 Å². The molecular weight excluding hydrogens is 425 g/mol. The van der Waals surface area contributed by atoms with Gasteiger partial charge in [0.05, 0.1) is 36.5 Å². The summed E-state index contributed by atoms with van der Waals surface area (Å²) in [5.41, 5.74) is 0.935. The number of carbonyl (C=O) groups is 1. The van der Waals surface area contributed by atoms with Gasteiger partial charge < -0.3 is 9.47 Å². The molecule has 1 atom stereocenters. The molecule has 33 heavy (non-hydrogen) atoms. The van der Waals surface area contributed by atoms with Crippen molar-refractivity contribution < 1.29 is 18.7 Å². The molecule has 1 saturated heterocycles. The number of rotatable bonds is 3. The molecule has 0 radical (unpaired) electrons. The van der Waals surface area contributed by atoms with Gasteiger partial charge in [-0.05, 0) is 49.6 Å². The Morgan fingerprint density at radius 2 is 2.06 bits per heavy atom. The summed E-state index contributed by atoms with van der Waals surface area (Å²) >= 11 is 0. The predicted octanol–water partition coefficient (Wildman–Crippen LogP) is 4.60. The van der Waals surface area contributed by atoms with Crippen LogP contribution in [0.5, 0.6) is 11.5 Å². The molecule has 170 valence electrons. The molecule has 1 aliphatic rings. The van der Waals surface area contributed by atoms with Gasteiger partial charge in [-0.3, -0.25) is 14.2 Å². The predicted molar refractivity (Wildman–Crippen MR) is 120 cm³/mol. The van der Waals surface area contributed by atoms with Crippen molar-refractivity contribution in [3.63, 3.8) is 0 Å². The normalized spacial score (nSPS) is 17.5. The van der Waals surface area contributed by atoms with Crippen LogP contribution in [-0.2, 0) is 9.53 Å². The number of halogens is 1. The molecule has 0 N–H and O–H groups in total. The van der Waals surface area contributed by atoms with E-state index in [1.165, 1.54) is 24.5 Å². The number of aryl methyl sites for hydroxylation is 1. The lowest BCUT2D eigenvalue weighted by atomic mass is 10.0. The summed E-state index contributed by atoms with van der Waals surface area (Å²) in [6.45, 7) is 2.36. The van der Waals surface area contributed by atoms with Crippen molar-refractivity contribution in [2.24, 2.45) is 0 Å². The maximum absolute atomic E-state index is 14.4. The van der Waals surface area contributed by atoms with Gasteiger partial charge in [-0.25, -0.2) is 9.37 Å². The van der Waals surface area contributed by atoms with E-state index in [9.17, 15) is 19.2 Å². The summed E-state index contributed by atoms with van der Waals surface area (Å²) in [6.07, 6.45) is 4.71. The summed E-state index contributed by atoms with van der Waals surface area (Å²) in [4.78, 5) is 29.4. The molecule has 4 rings (SSSR count). The van der Waals surface area contributed by atoms with Gasteiger partial charge in [0, 0.05) is 12.8 Å². The van der Waals surface area contributed by atoms with E-state index in [0.717, 1.165) is 12.8 Å². The fourth-order valence-corrected chi connectivity index (χ4v) is 3.99. The van der Waals surface area contributed by atoms with Crippen LogP contribution in [0.1, 0.15) is 49.3 Å². The molecule has 3 aromatic rings. The molecule has 2 heterocycles. The first-order valence-corrected chi connectivity index (χ1v) is 11.0. The van der Waals surface area contributed by atoms with Crippen LogP contribution >= 0.6 is 0 Å². The van der Waals surface area contributed by atoms with Crippen molar-refractivity contribution in [3.8, 4) is 17.6 Å². The van der Waals surface area contributed by atoms with Gasteiger partial charge in [-0.2, -0.15) is 5.26 Å². The first-order valence-electron chi connectivity index (χ1n) is 11.0. The van der Waals surface area contributed by atoms with Crippen LogP contribution in [0.15, 0.2) is 41.5 Å². The van der Waals surface area contributed by atoms with Gasteiger partial charge in [0.15, 0.2) is 11.6 Å². The number of hydrogen-bond donors (Lipinski definition) is 0. The van der Waals surface area contributed by atoms with Crippen LogP contribution in [0.4, 0.5) is 4.39 Å². The molecule has 0 amide bonds. The number of carbonyl (C=O) groups excluding carboxylic acids is 1. The molecule has 0 bridgehead atoms. The quantitative estimate of drug-likeness (QED) is 0.580. The molecule has 0 unspecified atom stereocenters. The van der Waals surface area contributed by atoms with Crippen molar-refractivity contribution in [1.82, 2.24) is 9.55 Å². The molecule has 2 aromatic carbocycles. The Bertz CT molecular complexity index is 1280. The first kappa shape index (κ1) is 22.6. The molecular formula is C25H24FN3O4. The van der Waals surface area contributed by atoms with E-state index in [2.05, 4.69) is 4.98 Å². The fourth-order valence-electron chi connectivity index (χ4n) is 3.99. The molecule has 0 spiro atoms. The topological polar surface area (TPSA) is 94.2 Å². The molecule has 1 aromatic heterocycles. The van der Waals surface area contributed by atoms with Crippen LogP contribution in [0.3, 0.4) is 0 Å². The van der Waals surface area contributed by atoms with Crippen LogP contribution in [0, 0.1) is 24.1 Å². The number of hydrogen-bond acceptors (Lipinski definition) is 6. The smallest absolute Gasteiger partial charge is 0.261 e. The zero-order valence-electron chi connectivity index (χ0n) is 18.3. The van der Waals surface area contributed by atoms with Crippen molar-refractivity contribution in [1.29, 1.82) is 5.26 Å². The number of Topliss-reactive ketones (excluding diaryl/α,β-unsaturated/α-hetero) is 1. The summed E-state index contributed by atoms with van der Waals surface area (Å²) in [5, 5.41) is 9.73. The van der Waals surface area contributed by atoms with Gasteiger partial charge in [0.2, 0.25) is 0 Å². The maximum atomic E-state index is 14.4. The summed E-state index contributed by atoms with van der Waals surface area (Å²) in [6, 6.07) is 9.26. The van der Waals surface area contributed by atoms with E-state index in [4.69, 9.17) is 9.47 Å². The largest absolute Gasteiger partial charge is 0.453 e. The zero-order valence-corrected chi connectivity index (χ0v) is 18.3. The van der Waals surface area contributed by atoms with E-state index in [1.54, 1.807) is 23.6 Å². The number of fused-ring (bicyclic) bond motifs is 1. The Labute approximate surface area is 190 Å². The van der Waals surface area contributed by atoms with E-state index >= 15 is 0 Å². The van der Waals surface area contributed by atoms with Gasteiger partial charge >= 0.3 is 0 Å². The standard InChI is InChI=1S/C25H24FN3O4/c1-16-6-8-22(26)24(21(16)13-27)33-19-7-9-23-20(12-19)25(31)29(15-28-23)17-4-2-3-5-18(30)10-11-32-14-17/h6-9,12,15,17H,2-5,10-11,14H2,1H3/t17-/m1/s1. The van der Waals surface area contributed by atoms with E-state index in [-0.39, 0.29) is 34.4 Å². The van der Waals surface area contributed by atoms with Gasteiger partial charge in [0.1, 0.15) is 23.2 Å². The number of ether oxygens (including phenoxy) is 2. The Morgan fingerprint density at radius 1 is 1.21 bits per heavy atom. The van der Waals surface area contributed by atoms with E-state index < -0.39 is 5.82 Å². The fraction of sp³-hybridized carbons (Fsp3) is 0.360. The SMILES string of the molecule is Cc1ccc(F)c(Oc2ccc3ncn([C@@H]4CCCCC(=O)CCOC4)c(=O)c3c2)c1C#N. The molecule has 0 saturated carbocycles. The van der Waals surface area contributed by atoms with Gasteiger partial charge in [-0.15, -0.1) is 0 Å². The van der Waals surface area contributed by atoms with Crippen molar-refractivity contribution in [3.05, 3.63) is 64.0 Å². The lowest BCUT2D eigenvalue weighted by molar-refractivity contribution is -0.120. The molecule has 1 aliphatic heterocycles. The van der Waals surface area contributed by atoms with Crippen molar-refractivity contribution in [2.45, 2.75) is 45.1 Å². The summed E-state index contributed by atoms with van der Waals surface area (Å²) in [5.74, 6) is -0.384. The molecule has 0 aliphatic carbocycles. The zero-order chi connectivity index (χ0) is 23.4. The third-order valence-electron chi connectivity index (χ3n) is 5.88. The number of benzene rings is 2. The van der Waals surface area contributed by atoms with E-state index in [1.807, 2.05) is 6.07 Å². The molecule has 8 heteroatoms. The molecule has 1 fully saturated rings. The van der Waals surface area contributed by atoms with Gasteiger partial charge in [-0.1, -0.05) is 12.5 Å². The Balaban J connectivity index is 1.67. The van der Waals surface area contributed by atoms with Crippen LogP contribution in [0.25, 0.3) is 10.9 Å². The Morgan fingerprint density at radius 3 is 2.88 bits per heavy atom. The van der Waals surface area contributed by atoms with Gasteiger partial charge in [0.25, 0.3) is 5.56 Å². The minimum atomic E-state index is -0.655. The van der Waals surface area contributed by atoms with Crippen LogP contribution in [-0.4, -0.2) is 28.5 Å². The minimum Gasteiger partial charge on any atom is -0.453 e. The second-order valence-electron chi connectivity index (χ2n) is 8.18. The lowest BCUT2D eigenvalue weighted by Crippen LogP contribution is -2.29. The number of nitrogens with zero attached hydrogens (tertiary/aromatic N) is 3. The lowest BCUT2D eigenvalue weighted by Gasteiger charge is -2.21. The number of nitriles is 1. The second kappa shape index (κ2) is 9.92. The maximum Gasteiger partial charge on any atom is 0.261 e. The van der Waals surface area contributed by atoms with E-state index in [0.29, 0.717) is 48.9 Å². The second-order valence-corrected chi connectivity index (χ2v) is 8.18. The summed E-state index contributed by atoms with van der Waals surface area (Å²) in [7, 11) is 0. The Kier molecular flexibility index (Phi) is 6.80. The highest BCUT2D eigenvalue weighted by molar-refractivity contribution is 5.79. The highest BCUT2D eigenvalue weighted by Crippen LogP contribution is 2.31. The average molecular weight is 449 g/mol. The molecule has 7 nitrogen and oxygen atoms in total. The highest BCUT2D eigenvalue weighted by atomic mass is 19.1. The first-order chi connectivity index (χ1) is 16.0. The monoisotopic (exact) mass is 449 g/mol. The number of aromatic nitrogens is 2. The highest BCUT2D eigenvalue weighted by Gasteiger charge is 2.18. The van der Waals surface area contributed by atoms with Crippen molar-refractivity contribution in [2.75, 3.05) is 13.2 Å². The number of ketones is 1. The summed E-state index contributed by atoms with van der Waals surface area (Å²) < 4.78 is 27.3. The third kappa shape index (κ3) is 4.94. The van der Waals surface area contributed by atoms with Crippen molar-refractivity contribution >= 4 is 16.7 Å². The van der Waals surface area contributed by atoms with Crippen LogP contribution < -0.4 is 10.3 Å². The average Bonchev–Trinajstić information content (AvgIpc) is 2.81.